The average Bonchev–Trinajstić information content (AvgIpc) is 3.47. The molecule has 37 heavy (non-hydrogen) atoms. The molecule has 2 aliphatic rings. The van der Waals surface area contributed by atoms with Crippen molar-refractivity contribution in [1.82, 2.24) is 19.6 Å². The van der Waals surface area contributed by atoms with E-state index in [9.17, 15) is 19.2 Å². The summed E-state index contributed by atoms with van der Waals surface area (Å²) in [5.41, 5.74) is 7.17. The number of benzene rings is 2. The first-order valence-electron chi connectivity index (χ1n) is 11.6. The van der Waals surface area contributed by atoms with Gasteiger partial charge in [-0.15, -0.1) is 11.3 Å². The van der Waals surface area contributed by atoms with E-state index >= 15 is 4.39 Å². The Morgan fingerprint density at radius 1 is 1.24 bits per heavy atom. The number of aromatic nitrogens is 2. The number of carbonyl (C=O) groups is 2. The molecule has 2 aromatic heterocycles. The molecule has 1 saturated heterocycles. The molecule has 1 atom stereocenters. The standard InChI is InChI=1S/C26H20F2N6O2S/c1-2-20(35)32-7-8-33-13(12-32)5-6-34-23-15(26(33)36)9-19(28)21(17(23)11-31-34)14-3-4-18(27)24-22(14)16(10-29)25(30)37-24/h2-4,9,11,13H,1,5-8,12,30H2/t13-/m1/s1. The quantitative estimate of drug-likeness (QED) is 0.405. The van der Waals surface area contributed by atoms with Gasteiger partial charge >= 0.3 is 0 Å². The maximum absolute atomic E-state index is 15.9. The minimum absolute atomic E-state index is 0.0884. The molecular formula is C26H20F2N6O2S. The van der Waals surface area contributed by atoms with Gasteiger partial charge in [0.25, 0.3) is 5.91 Å². The summed E-state index contributed by atoms with van der Waals surface area (Å²) < 4.78 is 32.4. The number of nitrogen functional groups attached to an aromatic ring is 1. The fraction of sp³-hybridized carbons (Fsp3) is 0.231. The summed E-state index contributed by atoms with van der Waals surface area (Å²) in [6.45, 7) is 5.03. The van der Waals surface area contributed by atoms with Crippen LogP contribution in [-0.4, -0.2) is 57.1 Å². The summed E-state index contributed by atoms with van der Waals surface area (Å²) in [4.78, 5) is 29.2. The third kappa shape index (κ3) is 3.33. The van der Waals surface area contributed by atoms with Gasteiger partial charge in [-0.05, 0) is 30.2 Å². The van der Waals surface area contributed by atoms with Crippen molar-refractivity contribution in [2.45, 2.75) is 19.0 Å². The molecule has 0 unspecified atom stereocenters. The highest BCUT2D eigenvalue weighted by atomic mass is 32.1. The normalized spacial score (nSPS) is 17.4. The number of fused-ring (bicyclic) bond motifs is 2. The van der Waals surface area contributed by atoms with Gasteiger partial charge in [0.2, 0.25) is 5.91 Å². The second-order valence-corrected chi connectivity index (χ2v) is 10.1. The van der Waals surface area contributed by atoms with E-state index in [2.05, 4.69) is 11.7 Å². The largest absolute Gasteiger partial charge is 0.389 e. The van der Waals surface area contributed by atoms with Crippen LogP contribution < -0.4 is 5.73 Å². The third-order valence-corrected chi connectivity index (χ3v) is 8.23. The maximum atomic E-state index is 15.9. The molecular weight excluding hydrogens is 498 g/mol. The highest BCUT2D eigenvalue weighted by molar-refractivity contribution is 7.23. The fourth-order valence-electron chi connectivity index (χ4n) is 5.49. The Balaban J connectivity index is 1.54. The van der Waals surface area contributed by atoms with E-state index in [0.29, 0.717) is 49.1 Å². The van der Waals surface area contributed by atoms with Crippen LogP contribution in [0.1, 0.15) is 22.3 Å². The second kappa shape index (κ2) is 8.38. The van der Waals surface area contributed by atoms with Crippen molar-refractivity contribution in [3.05, 3.63) is 59.8 Å². The van der Waals surface area contributed by atoms with E-state index in [1.807, 2.05) is 6.07 Å². The van der Waals surface area contributed by atoms with Gasteiger partial charge in [-0.1, -0.05) is 12.6 Å². The molecule has 0 saturated carbocycles. The van der Waals surface area contributed by atoms with Crippen molar-refractivity contribution in [3.63, 3.8) is 0 Å². The van der Waals surface area contributed by atoms with Crippen LogP contribution in [-0.2, 0) is 11.3 Å². The van der Waals surface area contributed by atoms with Gasteiger partial charge in [0.05, 0.1) is 33.6 Å². The molecule has 0 aliphatic carbocycles. The highest BCUT2D eigenvalue weighted by Crippen LogP contribution is 2.44. The molecule has 0 bridgehead atoms. The summed E-state index contributed by atoms with van der Waals surface area (Å²) in [6.07, 6.45) is 3.31. The number of anilines is 1. The van der Waals surface area contributed by atoms with Crippen LogP contribution in [0.4, 0.5) is 13.8 Å². The van der Waals surface area contributed by atoms with Crippen molar-refractivity contribution in [2.24, 2.45) is 0 Å². The lowest BCUT2D eigenvalue weighted by Crippen LogP contribution is -2.57. The number of piperazine rings is 1. The lowest BCUT2D eigenvalue weighted by atomic mass is 9.93. The molecule has 4 heterocycles. The van der Waals surface area contributed by atoms with Crippen molar-refractivity contribution >= 4 is 49.1 Å². The van der Waals surface area contributed by atoms with E-state index < -0.39 is 11.6 Å². The number of hydrogen-bond acceptors (Lipinski definition) is 6. The number of halogens is 2. The van der Waals surface area contributed by atoms with Gasteiger partial charge in [-0.3, -0.25) is 14.3 Å². The number of carbonyl (C=O) groups excluding carboxylic acids is 2. The number of nitrogens with two attached hydrogens (primary N) is 1. The summed E-state index contributed by atoms with van der Waals surface area (Å²) in [7, 11) is 0. The number of hydrogen-bond donors (Lipinski definition) is 1. The number of thiophene rings is 1. The van der Waals surface area contributed by atoms with E-state index in [4.69, 9.17) is 5.73 Å². The molecule has 8 nitrogen and oxygen atoms in total. The van der Waals surface area contributed by atoms with E-state index in [-0.39, 0.29) is 49.6 Å². The molecule has 11 heteroatoms. The molecule has 1 fully saturated rings. The highest BCUT2D eigenvalue weighted by Gasteiger charge is 2.36. The van der Waals surface area contributed by atoms with Crippen LogP contribution >= 0.6 is 11.3 Å². The Kier molecular flexibility index (Phi) is 5.24. The first-order valence-corrected chi connectivity index (χ1v) is 12.5. The summed E-state index contributed by atoms with van der Waals surface area (Å²) in [5, 5.41) is 14.9. The predicted octanol–water partition coefficient (Wildman–Crippen LogP) is 3.89. The zero-order valence-corrected chi connectivity index (χ0v) is 20.3. The molecule has 2 aliphatic heterocycles. The van der Waals surface area contributed by atoms with Gasteiger partial charge in [0, 0.05) is 42.5 Å². The van der Waals surface area contributed by atoms with Crippen LogP contribution in [0.2, 0.25) is 0 Å². The average molecular weight is 519 g/mol. The molecule has 186 valence electrons. The minimum Gasteiger partial charge on any atom is -0.389 e. The number of nitriles is 1. The predicted molar refractivity (Wildman–Crippen MR) is 136 cm³/mol. The van der Waals surface area contributed by atoms with Crippen LogP contribution in [0, 0.1) is 23.0 Å². The van der Waals surface area contributed by atoms with Crippen LogP contribution in [0.15, 0.2) is 37.1 Å². The monoisotopic (exact) mass is 518 g/mol. The molecule has 2 N–H and O–H groups in total. The van der Waals surface area contributed by atoms with Gasteiger partial charge < -0.3 is 15.5 Å². The summed E-state index contributed by atoms with van der Waals surface area (Å²) in [6, 6.07) is 5.61. The van der Waals surface area contributed by atoms with Gasteiger partial charge in [0.15, 0.2) is 0 Å². The minimum atomic E-state index is -0.686. The number of nitrogens with zero attached hydrogens (tertiary/aromatic N) is 5. The first kappa shape index (κ1) is 23.1. The van der Waals surface area contributed by atoms with Crippen LogP contribution in [0.25, 0.3) is 32.1 Å². The lowest BCUT2D eigenvalue weighted by molar-refractivity contribution is -0.128. The van der Waals surface area contributed by atoms with E-state index in [0.717, 1.165) is 11.3 Å². The van der Waals surface area contributed by atoms with Crippen molar-refractivity contribution < 1.29 is 18.4 Å². The summed E-state index contributed by atoms with van der Waals surface area (Å²) in [5.74, 6) is -1.77. The molecule has 4 aromatic rings. The molecule has 0 radical (unpaired) electrons. The van der Waals surface area contributed by atoms with E-state index in [1.54, 1.807) is 14.5 Å². The number of aryl methyl sites for hydroxylation is 1. The molecule has 2 amide bonds. The zero-order chi connectivity index (χ0) is 26.0. The topological polar surface area (TPSA) is 108 Å². The maximum Gasteiger partial charge on any atom is 0.256 e. The SMILES string of the molecule is C=CC(=O)N1CCN2C(=O)c3cc(F)c(-c4ccc(F)c5sc(N)c(C#N)c45)c4cnn(c34)CC[C@@H]2C1. The number of rotatable bonds is 2. The van der Waals surface area contributed by atoms with Crippen molar-refractivity contribution in [2.75, 3.05) is 25.4 Å². The Bertz CT molecular complexity index is 1700. The molecule has 0 spiro atoms. The van der Waals surface area contributed by atoms with Crippen LogP contribution in [0.3, 0.4) is 0 Å². The Labute approximate surface area is 213 Å². The smallest absolute Gasteiger partial charge is 0.256 e. The number of amides is 2. The van der Waals surface area contributed by atoms with Gasteiger partial charge in [-0.2, -0.15) is 10.4 Å². The fourth-order valence-corrected chi connectivity index (χ4v) is 6.44. The Morgan fingerprint density at radius 2 is 2.05 bits per heavy atom. The first-order chi connectivity index (χ1) is 17.8. The Hall–Kier alpha value is -4.30. The Morgan fingerprint density at radius 3 is 2.81 bits per heavy atom. The van der Waals surface area contributed by atoms with Crippen molar-refractivity contribution in [1.29, 1.82) is 5.26 Å². The molecule has 2 aromatic carbocycles. The zero-order valence-electron chi connectivity index (χ0n) is 19.5. The van der Waals surface area contributed by atoms with Gasteiger partial charge in [0.1, 0.15) is 22.7 Å². The van der Waals surface area contributed by atoms with Crippen LogP contribution in [0.5, 0.6) is 0 Å². The van der Waals surface area contributed by atoms with Crippen molar-refractivity contribution in [3.8, 4) is 17.2 Å². The third-order valence-electron chi connectivity index (χ3n) is 7.21. The van der Waals surface area contributed by atoms with Gasteiger partial charge in [-0.25, -0.2) is 8.78 Å². The molecule has 6 rings (SSSR count). The lowest BCUT2D eigenvalue weighted by Gasteiger charge is -2.42. The second-order valence-electron chi connectivity index (χ2n) is 9.09. The summed E-state index contributed by atoms with van der Waals surface area (Å²) >= 11 is 0.939. The van der Waals surface area contributed by atoms with E-state index in [1.165, 1.54) is 30.5 Å².